The van der Waals surface area contributed by atoms with Gasteiger partial charge >= 0.3 is 0 Å². The lowest BCUT2D eigenvalue weighted by Gasteiger charge is -2.33. The zero-order valence-electron chi connectivity index (χ0n) is 27.8. The van der Waals surface area contributed by atoms with Gasteiger partial charge in [-0.2, -0.15) is 0 Å². The van der Waals surface area contributed by atoms with E-state index in [1.807, 2.05) is 60.7 Å². The molecule has 0 radical (unpaired) electrons. The summed E-state index contributed by atoms with van der Waals surface area (Å²) in [4.78, 5) is 29.0. The van der Waals surface area contributed by atoms with Crippen molar-refractivity contribution in [1.29, 1.82) is 0 Å². The number of fused-ring (bicyclic) bond motifs is 2. The van der Waals surface area contributed by atoms with Crippen molar-refractivity contribution in [2.24, 2.45) is 10.8 Å². The van der Waals surface area contributed by atoms with Gasteiger partial charge in [0.15, 0.2) is 11.5 Å². The minimum Gasteiger partial charge on any atom is -0.436 e. The molecule has 0 unspecified atom stereocenters. The van der Waals surface area contributed by atoms with E-state index < -0.39 is 0 Å². The Balaban J connectivity index is 1.70. The first-order valence-corrected chi connectivity index (χ1v) is 15.5. The fourth-order valence-corrected chi connectivity index (χ4v) is 7.13. The largest absolute Gasteiger partial charge is 0.436 e. The van der Waals surface area contributed by atoms with Gasteiger partial charge in [-0.1, -0.05) is 102 Å². The lowest BCUT2D eigenvalue weighted by atomic mass is 9.81. The molecule has 0 saturated carbocycles. The average molecular weight is 595 g/mol. The topological polar surface area (TPSA) is 84.5 Å². The first-order chi connectivity index (χ1) is 20.4. The molecular formula is C38H46N2O4. The molecule has 1 aliphatic rings. The molecule has 2 aromatic carbocycles. The van der Waals surface area contributed by atoms with E-state index in [4.69, 9.17) is 8.83 Å². The van der Waals surface area contributed by atoms with Crippen LogP contribution in [-0.4, -0.2) is 22.6 Å². The summed E-state index contributed by atoms with van der Waals surface area (Å²) in [6.45, 7) is 21.5. The number of ketones is 2. The van der Waals surface area contributed by atoms with Crippen LogP contribution in [0.25, 0.3) is 22.3 Å². The highest BCUT2D eigenvalue weighted by Gasteiger charge is 2.44. The van der Waals surface area contributed by atoms with E-state index in [0.29, 0.717) is 22.9 Å². The molecule has 6 nitrogen and oxygen atoms in total. The predicted octanol–water partition coefficient (Wildman–Crippen LogP) is 10.2. The second-order valence-corrected chi connectivity index (χ2v) is 15.9. The first kappa shape index (κ1) is 31.4. The van der Waals surface area contributed by atoms with Crippen LogP contribution in [0.4, 0.5) is 11.8 Å². The normalized spacial score (nSPS) is 14.0. The molecule has 232 valence electrons. The maximum Gasteiger partial charge on any atom is 0.233 e. The highest BCUT2D eigenvalue weighted by Crippen LogP contribution is 2.48. The molecule has 0 bridgehead atoms. The van der Waals surface area contributed by atoms with Crippen molar-refractivity contribution in [3.8, 4) is 22.3 Å². The van der Waals surface area contributed by atoms with Crippen molar-refractivity contribution in [3.05, 3.63) is 83.3 Å². The van der Waals surface area contributed by atoms with Crippen LogP contribution in [0.15, 0.2) is 69.5 Å². The number of carbonyl (C=O) groups excluding carboxylic acids is 2. The van der Waals surface area contributed by atoms with Gasteiger partial charge in [0.25, 0.3) is 0 Å². The molecule has 0 aliphatic heterocycles. The molecule has 1 aliphatic carbocycles. The second-order valence-electron chi connectivity index (χ2n) is 15.9. The van der Waals surface area contributed by atoms with Crippen LogP contribution in [-0.2, 0) is 0 Å². The first-order valence-electron chi connectivity index (χ1n) is 15.5. The SMILES string of the molecule is CC(C)(C)CC(C)(C)Nc1oc2c(c1-c1ccccc1)C(=O)c1oc(NC(C)(C)CC(C)(C)C)c(-c3ccccc3)c1C2=O. The third-order valence-corrected chi connectivity index (χ3v) is 7.66. The van der Waals surface area contributed by atoms with Crippen molar-refractivity contribution >= 4 is 23.3 Å². The lowest BCUT2D eigenvalue weighted by Crippen LogP contribution is -2.35. The van der Waals surface area contributed by atoms with Crippen molar-refractivity contribution in [2.45, 2.75) is 93.2 Å². The Hall–Kier alpha value is -4.06. The summed E-state index contributed by atoms with van der Waals surface area (Å²) in [5, 5.41) is 7.11. The van der Waals surface area contributed by atoms with E-state index in [2.05, 4.69) is 79.9 Å². The van der Waals surface area contributed by atoms with Crippen LogP contribution in [0, 0.1) is 10.8 Å². The Morgan fingerprint density at radius 1 is 0.500 bits per heavy atom. The van der Waals surface area contributed by atoms with Crippen LogP contribution < -0.4 is 10.6 Å². The van der Waals surface area contributed by atoms with Crippen LogP contribution in [0.1, 0.15) is 114 Å². The average Bonchev–Trinajstić information content (AvgIpc) is 3.44. The summed E-state index contributed by atoms with van der Waals surface area (Å²) in [7, 11) is 0. The van der Waals surface area contributed by atoms with E-state index in [-0.39, 0.29) is 56.1 Å². The Labute approximate surface area is 261 Å². The van der Waals surface area contributed by atoms with Crippen LogP contribution in [0.3, 0.4) is 0 Å². The smallest absolute Gasteiger partial charge is 0.233 e. The standard InChI is InChI=1S/C38H46N2O4/c1-35(2,3)21-37(7,8)39-33-25(23-17-13-11-14-18-23)27-29(41)32-28(30(42)31(27)43-33)26(24-19-15-12-16-20-24)34(44-32)40-38(9,10)22-36(4,5)6/h11-20,39-40H,21-22H2,1-10H3. The van der Waals surface area contributed by atoms with Crippen molar-refractivity contribution < 1.29 is 18.4 Å². The molecule has 2 aromatic heterocycles. The number of rotatable bonds is 8. The summed E-state index contributed by atoms with van der Waals surface area (Å²) < 4.78 is 12.8. The maximum absolute atomic E-state index is 14.5. The molecule has 0 spiro atoms. The molecule has 44 heavy (non-hydrogen) atoms. The molecule has 5 rings (SSSR count). The summed E-state index contributed by atoms with van der Waals surface area (Å²) in [6.07, 6.45) is 1.67. The molecule has 2 N–H and O–H groups in total. The Morgan fingerprint density at radius 2 is 0.818 bits per heavy atom. The van der Waals surface area contributed by atoms with E-state index in [9.17, 15) is 9.59 Å². The number of anilines is 2. The van der Waals surface area contributed by atoms with E-state index in [1.165, 1.54) is 0 Å². The minimum atomic E-state index is -0.383. The third kappa shape index (κ3) is 6.40. The number of furan rings is 2. The number of hydrogen-bond acceptors (Lipinski definition) is 6. The summed E-state index contributed by atoms with van der Waals surface area (Å²) in [5.74, 6) is 0.166. The quantitative estimate of drug-likeness (QED) is 0.186. The molecule has 6 heteroatoms. The van der Waals surface area contributed by atoms with Gasteiger partial charge in [-0.05, 0) is 62.5 Å². The van der Waals surface area contributed by atoms with Crippen molar-refractivity contribution in [3.63, 3.8) is 0 Å². The van der Waals surface area contributed by atoms with Crippen LogP contribution in [0.2, 0.25) is 0 Å². The minimum absolute atomic E-state index is 0.0360. The maximum atomic E-state index is 14.5. The zero-order valence-corrected chi connectivity index (χ0v) is 27.8. The fraction of sp³-hybridized carbons (Fsp3) is 0.421. The lowest BCUT2D eigenvalue weighted by molar-refractivity contribution is 0.0945. The summed E-state index contributed by atoms with van der Waals surface area (Å²) in [6, 6.07) is 19.2. The molecule has 4 aromatic rings. The Kier molecular flexibility index (Phi) is 7.72. The molecule has 0 amide bonds. The van der Waals surface area contributed by atoms with Crippen LogP contribution >= 0.6 is 0 Å². The van der Waals surface area contributed by atoms with Crippen molar-refractivity contribution in [2.75, 3.05) is 10.6 Å². The van der Waals surface area contributed by atoms with Gasteiger partial charge in [0.1, 0.15) is 0 Å². The van der Waals surface area contributed by atoms with Gasteiger partial charge in [-0.15, -0.1) is 0 Å². The zero-order chi connectivity index (χ0) is 32.2. The molecule has 0 saturated heterocycles. The molecule has 0 atom stereocenters. The number of hydrogen-bond donors (Lipinski definition) is 2. The highest BCUT2D eigenvalue weighted by atomic mass is 16.4. The predicted molar refractivity (Wildman–Crippen MR) is 179 cm³/mol. The van der Waals surface area contributed by atoms with Gasteiger partial charge in [0.2, 0.25) is 23.3 Å². The van der Waals surface area contributed by atoms with E-state index in [0.717, 1.165) is 24.0 Å². The van der Waals surface area contributed by atoms with Crippen molar-refractivity contribution in [1.82, 2.24) is 0 Å². The Bertz CT molecular complexity index is 1560. The molecule has 0 fully saturated rings. The highest BCUT2D eigenvalue weighted by molar-refractivity contribution is 6.31. The van der Waals surface area contributed by atoms with Gasteiger partial charge in [0, 0.05) is 11.1 Å². The van der Waals surface area contributed by atoms with Gasteiger partial charge < -0.3 is 19.5 Å². The third-order valence-electron chi connectivity index (χ3n) is 7.66. The number of nitrogens with one attached hydrogen (secondary N) is 2. The number of carbonyl (C=O) groups is 2. The fourth-order valence-electron chi connectivity index (χ4n) is 7.13. The monoisotopic (exact) mass is 594 g/mol. The van der Waals surface area contributed by atoms with Gasteiger partial charge in [0.05, 0.1) is 22.3 Å². The molecule has 2 heterocycles. The van der Waals surface area contributed by atoms with E-state index >= 15 is 0 Å². The Morgan fingerprint density at radius 3 is 1.11 bits per heavy atom. The van der Waals surface area contributed by atoms with Gasteiger partial charge in [-0.25, -0.2) is 0 Å². The summed E-state index contributed by atoms with van der Waals surface area (Å²) in [5.41, 5.74) is 2.50. The number of benzene rings is 2. The van der Waals surface area contributed by atoms with E-state index in [1.54, 1.807) is 0 Å². The van der Waals surface area contributed by atoms with Gasteiger partial charge in [-0.3, -0.25) is 9.59 Å². The second kappa shape index (κ2) is 10.8. The molecular weight excluding hydrogens is 548 g/mol. The van der Waals surface area contributed by atoms with Crippen LogP contribution in [0.5, 0.6) is 0 Å². The summed E-state index contributed by atoms with van der Waals surface area (Å²) >= 11 is 0.